The third-order valence-electron chi connectivity index (χ3n) is 3.53. The van der Waals surface area contributed by atoms with Crippen LogP contribution in [0.1, 0.15) is 51.5 Å². The molecule has 0 radical (unpaired) electrons. The molecule has 106 valence electrons. The van der Waals surface area contributed by atoms with Gasteiger partial charge in [-0.25, -0.2) is 4.79 Å². The molecule has 2 amide bonds. The molecule has 0 aliphatic carbocycles. The number of nitrogens with zero attached hydrogens (tertiary/aromatic N) is 1. The van der Waals surface area contributed by atoms with Crippen LogP contribution in [-0.4, -0.2) is 12.1 Å². The van der Waals surface area contributed by atoms with E-state index in [9.17, 15) is 4.79 Å². The lowest BCUT2D eigenvalue weighted by atomic mass is 10.0. The fourth-order valence-electron chi connectivity index (χ4n) is 2.37. The van der Waals surface area contributed by atoms with Crippen molar-refractivity contribution >= 4 is 11.7 Å². The highest BCUT2D eigenvalue weighted by Gasteiger charge is 2.21. The second-order valence-corrected chi connectivity index (χ2v) is 5.10. The minimum absolute atomic E-state index is 0.201. The molecule has 1 aromatic rings. The lowest BCUT2D eigenvalue weighted by Gasteiger charge is -2.30. The minimum atomic E-state index is -0.354. The Kier molecular flexibility index (Phi) is 6.40. The number of hydrogen-bond donors (Lipinski definition) is 1. The van der Waals surface area contributed by atoms with Gasteiger partial charge in [0.2, 0.25) is 0 Å². The molecule has 0 heterocycles. The second-order valence-electron chi connectivity index (χ2n) is 5.10. The molecule has 0 fully saturated rings. The molecule has 0 saturated carbocycles. The van der Waals surface area contributed by atoms with E-state index in [1.165, 1.54) is 18.4 Å². The first-order valence-electron chi connectivity index (χ1n) is 7.25. The summed E-state index contributed by atoms with van der Waals surface area (Å²) in [5, 5.41) is 0. The van der Waals surface area contributed by atoms with Gasteiger partial charge in [0.1, 0.15) is 0 Å². The number of carbonyl (C=O) groups is 1. The van der Waals surface area contributed by atoms with Gasteiger partial charge in [0.15, 0.2) is 0 Å². The predicted molar refractivity (Wildman–Crippen MR) is 81.5 cm³/mol. The molecule has 0 aromatic heterocycles. The van der Waals surface area contributed by atoms with Crippen LogP contribution in [-0.2, 0) is 0 Å². The van der Waals surface area contributed by atoms with Crippen molar-refractivity contribution in [1.82, 2.24) is 0 Å². The number of carbonyl (C=O) groups excluding carboxylic acids is 1. The van der Waals surface area contributed by atoms with Gasteiger partial charge in [-0.2, -0.15) is 0 Å². The van der Waals surface area contributed by atoms with Gasteiger partial charge in [-0.3, -0.25) is 4.90 Å². The van der Waals surface area contributed by atoms with E-state index in [1.54, 1.807) is 4.90 Å². The minimum Gasteiger partial charge on any atom is -0.351 e. The summed E-state index contributed by atoms with van der Waals surface area (Å²) in [6.45, 7) is 6.34. The predicted octanol–water partition coefficient (Wildman–Crippen LogP) is 4.24. The first-order valence-corrected chi connectivity index (χ1v) is 7.25. The van der Waals surface area contributed by atoms with Gasteiger partial charge in [0.25, 0.3) is 0 Å². The maximum atomic E-state index is 11.8. The van der Waals surface area contributed by atoms with Gasteiger partial charge in [-0.15, -0.1) is 0 Å². The van der Waals surface area contributed by atoms with Crippen molar-refractivity contribution in [3.63, 3.8) is 0 Å². The zero-order valence-corrected chi connectivity index (χ0v) is 12.4. The van der Waals surface area contributed by atoms with Gasteiger partial charge in [0.05, 0.1) is 0 Å². The van der Waals surface area contributed by atoms with Crippen LogP contribution in [0, 0.1) is 6.92 Å². The molecule has 0 bridgehead atoms. The summed E-state index contributed by atoms with van der Waals surface area (Å²) >= 11 is 0. The Morgan fingerprint density at radius 2 is 1.84 bits per heavy atom. The fourth-order valence-corrected chi connectivity index (χ4v) is 2.37. The zero-order chi connectivity index (χ0) is 14.3. The average molecular weight is 262 g/mol. The Hall–Kier alpha value is -1.51. The zero-order valence-electron chi connectivity index (χ0n) is 12.4. The largest absolute Gasteiger partial charge is 0.351 e. The van der Waals surface area contributed by atoms with Crippen LogP contribution in [0.4, 0.5) is 10.5 Å². The fraction of sp³-hybridized carbons (Fsp3) is 0.562. The summed E-state index contributed by atoms with van der Waals surface area (Å²) in [5.74, 6) is 0. The van der Waals surface area contributed by atoms with Gasteiger partial charge in [-0.1, -0.05) is 50.8 Å². The Bertz CT molecular complexity index is 386. The van der Waals surface area contributed by atoms with Crippen molar-refractivity contribution in [2.75, 3.05) is 4.90 Å². The quantitative estimate of drug-likeness (QED) is 0.734. The molecule has 0 aliphatic rings. The first-order chi connectivity index (χ1) is 9.10. The third kappa shape index (κ3) is 4.58. The summed E-state index contributed by atoms with van der Waals surface area (Å²) in [6, 6.07) is 7.83. The molecule has 0 spiro atoms. The van der Waals surface area contributed by atoms with E-state index in [0.29, 0.717) is 0 Å². The maximum Gasteiger partial charge on any atom is 0.319 e. The maximum absolute atomic E-state index is 11.8. The average Bonchev–Trinajstić information content (AvgIpc) is 2.39. The van der Waals surface area contributed by atoms with Crippen LogP contribution in [0.2, 0.25) is 0 Å². The Balaban J connectivity index is 2.85. The van der Waals surface area contributed by atoms with E-state index in [1.807, 2.05) is 31.2 Å². The van der Waals surface area contributed by atoms with Crippen LogP contribution in [0.25, 0.3) is 0 Å². The molecular weight excluding hydrogens is 236 g/mol. The number of unbranched alkanes of at least 4 members (excludes halogenated alkanes) is 2. The van der Waals surface area contributed by atoms with E-state index in [-0.39, 0.29) is 12.1 Å². The Labute approximate surface area is 116 Å². The summed E-state index contributed by atoms with van der Waals surface area (Å²) in [4.78, 5) is 13.5. The molecular formula is C16H26N2O. The highest BCUT2D eigenvalue weighted by molar-refractivity contribution is 5.91. The highest BCUT2D eigenvalue weighted by atomic mass is 16.2. The Morgan fingerprint density at radius 1 is 1.21 bits per heavy atom. The van der Waals surface area contributed by atoms with Crippen molar-refractivity contribution in [2.24, 2.45) is 5.73 Å². The molecule has 1 rings (SSSR count). The number of urea groups is 1. The molecule has 1 aromatic carbocycles. The van der Waals surface area contributed by atoms with Crippen LogP contribution in [0.3, 0.4) is 0 Å². The Morgan fingerprint density at radius 3 is 2.32 bits per heavy atom. The van der Waals surface area contributed by atoms with Crippen molar-refractivity contribution in [3.05, 3.63) is 29.8 Å². The lowest BCUT2D eigenvalue weighted by molar-refractivity contribution is 0.250. The summed E-state index contributed by atoms with van der Waals surface area (Å²) in [6.07, 6.45) is 5.49. The van der Waals surface area contributed by atoms with Gasteiger partial charge in [-0.05, 0) is 31.9 Å². The molecule has 3 heteroatoms. The number of benzene rings is 1. The van der Waals surface area contributed by atoms with Crippen LogP contribution in [0.15, 0.2) is 24.3 Å². The second kappa shape index (κ2) is 7.82. The number of nitrogens with two attached hydrogens (primary N) is 1. The van der Waals surface area contributed by atoms with Crippen molar-refractivity contribution in [1.29, 1.82) is 0 Å². The normalized spacial score (nSPS) is 12.2. The van der Waals surface area contributed by atoms with E-state index in [2.05, 4.69) is 13.8 Å². The van der Waals surface area contributed by atoms with E-state index in [4.69, 9.17) is 5.73 Å². The number of anilines is 1. The van der Waals surface area contributed by atoms with Crippen molar-refractivity contribution in [2.45, 2.75) is 58.9 Å². The van der Waals surface area contributed by atoms with Gasteiger partial charge < -0.3 is 5.73 Å². The molecule has 3 nitrogen and oxygen atoms in total. The molecule has 0 aliphatic heterocycles. The first kappa shape index (κ1) is 15.5. The number of rotatable bonds is 7. The smallest absolute Gasteiger partial charge is 0.319 e. The molecule has 1 unspecified atom stereocenters. The number of primary amides is 1. The van der Waals surface area contributed by atoms with E-state index in [0.717, 1.165) is 24.9 Å². The van der Waals surface area contributed by atoms with E-state index >= 15 is 0 Å². The van der Waals surface area contributed by atoms with Crippen molar-refractivity contribution < 1.29 is 4.79 Å². The SMILES string of the molecule is CCCCCC(CC)N(C(N)=O)c1ccc(C)cc1. The molecule has 2 N–H and O–H groups in total. The molecule has 19 heavy (non-hydrogen) atoms. The highest BCUT2D eigenvalue weighted by Crippen LogP contribution is 2.22. The number of amides is 2. The van der Waals surface area contributed by atoms with E-state index < -0.39 is 0 Å². The molecule has 1 atom stereocenters. The van der Waals surface area contributed by atoms with Crippen LogP contribution < -0.4 is 10.6 Å². The van der Waals surface area contributed by atoms with Crippen molar-refractivity contribution in [3.8, 4) is 0 Å². The standard InChI is InChI=1S/C16H26N2O/c1-4-6-7-8-14(5-2)18(16(17)19)15-11-9-13(3)10-12-15/h9-12,14H,4-8H2,1-3H3,(H2,17,19). The summed E-state index contributed by atoms with van der Waals surface area (Å²) in [7, 11) is 0. The van der Waals surface area contributed by atoms with Crippen LogP contribution >= 0.6 is 0 Å². The monoisotopic (exact) mass is 262 g/mol. The topological polar surface area (TPSA) is 46.3 Å². The van der Waals surface area contributed by atoms with Crippen LogP contribution in [0.5, 0.6) is 0 Å². The lowest BCUT2D eigenvalue weighted by Crippen LogP contribution is -2.43. The van der Waals surface area contributed by atoms with Gasteiger partial charge in [0, 0.05) is 11.7 Å². The number of hydrogen-bond acceptors (Lipinski definition) is 1. The molecule has 0 saturated heterocycles. The number of aryl methyl sites for hydroxylation is 1. The summed E-state index contributed by atoms with van der Waals surface area (Å²) in [5.41, 5.74) is 7.67. The van der Waals surface area contributed by atoms with Gasteiger partial charge >= 0.3 is 6.03 Å². The summed E-state index contributed by atoms with van der Waals surface area (Å²) < 4.78 is 0. The third-order valence-corrected chi connectivity index (χ3v) is 3.53.